The van der Waals surface area contributed by atoms with Gasteiger partial charge in [0.15, 0.2) is 5.69 Å². The maximum atomic E-state index is 12.9. The van der Waals surface area contributed by atoms with Crippen LogP contribution in [0.4, 0.5) is 4.39 Å². The highest BCUT2D eigenvalue weighted by Gasteiger charge is 2.11. The molecule has 0 aliphatic carbocycles. The molecule has 0 unspecified atom stereocenters. The Labute approximate surface area is 78.9 Å². The van der Waals surface area contributed by atoms with Crippen LogP contribution < -0.4 is 0 Å². The molecule has 2 heterocycles. The van der Waals surface area contributed by atoms with E-state index in [1.165, 1.54) is 36.0 Å². The first-order valence-electron chi connectivity index (χ1n) is 3.93. The summed E-state index contributed by atoms with van der Waals surface area (Å²) in [6, 6.07) is 2.77. The number of hydrogen-bond acceptors (Lipinski definition) is 3. The normalized spacial score (nSPS) is 10.4. The summed E-state index contributed by atoms with van der Waals surface area (Å²) in [5.41, 5.74) is 0.716. The van der Waals surface area contributed by atoms with Gasteiger partial charge in [0.2, 0.25) is 0 Å². The Bertz CT molecular complexity index is 493. The molecule has 0 bridgehead atoms. The van der Waals surface area contributed by atoms with Crippen molar-refractivity contribution >= 4 is 11.6 Å². The first-order chi connectivity index (χ1) is 6.72. The van der Waals surface area contributed by atoms with Crippen molar-refractivity contribution in [2.24, 2.45) is 0 Å². The number of carbonyl (C=O) groups excluding carboxylic acids is 1. The van der Waals surface area contributed by atoms with E-state index in [4.69, 9.17) is 0 Å². The van der Waals surface area contributed by atoms with E-state index < -0.39 is 11.8 Å². The highest BCUT2D eigenvalue weighted by molar-refractivity contribution is 5.88. The van der Waals surface area contributed by atoms with Gasteiger partial charge >= 0.3 is 5.97 Å². The van der Waals surface area contributed by atoms with Crippen LogP contribution in [-0.4, -0.2) is 22.5 Å². The lowest BCUT2D eigenvalue weighted by Gasteiger charge is -1.98. The van der Waals surface area contributed by atoms with Gasteiger partial charge in [-0.25, -0.2) is 14.2 Å². The van der Waals surface area contributed by atoms with Crippen LogP contribution >= 0.6 is 0 Å². The second-order valence-electron chi connectivity index (χ2n) is 2.71. The molecule has 0 saturated heterocycles. The standard InChI is InChI=1S/C9H7FN2O2/c1-14-9(13)7-4-11-8-3-2-6(10)5-12(7)8/h2-5H,1H3. The molecule has 0 atom stereocenters. The molecule has 2 aromatic rings. The summed E-state index contributed by atoms with van der Waals surface area (Å²) >= 11 is 0. The Balaban J connectivity index is 2.67. The molecule has 0 aliphatic rings. The molecule has 14 heavy (non-hydrogen) atoms. The number of imidazole rings is 1. The minimum absolute atomic E-state index is 0.210. The number of hydrogen-bond donors (Lipinski definition) is 0. The third kappa shape index (κ3) is 1.22. The van der Waals surface area contributed by atoms with Gasteiger partial charge in [-0.2, -0.15) is 0 Å². The van der Waals surface area contributed by atoms with Crippen LogP contribution in [0, 0.1) is 5.82 Å². The monoisotopic (exact) mass is 194 g/mol. The van der Waals surface area contributed by atoms with Crippen LogP contribution in [0.1, 0.15) is 10.5 Å². The molecule has 0 aliphatic heterocycles. The van der Waals surface area contributed by atoms with Gasteiger partial charge in [-0.1, -0.05) is 0 Å². The number of carbonyl (C=O) groups is 1. The predicted octanol–water partition coefficient (Wildman–Crippen LogP) is 1.26. The first kappa shape index (κ1) is 8.68. The molecule has 72 valence electrons. The summed E-state index contributed by atoms with van der Waals surface area (Å²) in [7, 11) is 1.26. The Morgan fingerprint density at radius 3 is 3.07 bits per heavy atom. The fourth-order valence-corrected chi connectivity index (χ4v) is 1.21. The van der Waals surface area contributed by atoms with Crippen molar-refractivity contribution in [2.75, 3.05) is 7.11 Å². The molecule has 4 nitrogen and oxygen atoms in total. The molecule has 0 fully saturated rings. The quantitative estimate of drug-likeness (QED) is 0.642. The number of ether oxygens (including phenoxy) is 1. The van der Waals surface area contributed by atoms with Gasteiger partial charge in [0.1, 0.15) is 11.5 Å². The number of halogens is 1. The van der Waals surface area contributed by atoms with Crippen molar-refractivity contribution in [1.29, 1.82) is 0 Å². The number of esters is 1. The fourth-order valence-electron chi connectivity index (χ4n) is 1.21. The zero-order chi connectivity index (χ0) is 10.1. The van der Waals surface area contributed by atoms with Crippen LogP contribution in [0.15, 0.2) is 24.5 Å². The van der Waals surface area contributed by atoms with Crippen LogP contribution in [0.3, 0.4) is 0 Å². The predicted molar refractivity (Wildman–Crippen MR) is 46.5 cm³/mol. The molecule has 0 spiro atoms. The second kappa shape index (κ2) is 3.10. The van der Waals surface area contributed by atoms with Crippen molar-refractivity contribution in [3.05, 3.63) is 36.0 Å². The molecule has 0 saturated carbocycles. The highest BCUT2D eigenvalue weighted by Crippen LogP contribution is 2.08. The maximum absolute atomic E-state index is 12.9. The maximum Gasteiger partial charge on any atom is 0.356 e. The lowest BCUT2D eigenvalue weighted by Crippen LogP contribution is -2.05. The van der Waals surface area contributed by atoms with E-state index >= 15 is 0 Å². The average molecular weight is 194 g/mol. The van der Waals surface area contributed by atoms with E-state index in [0.29, 0.717) is 5.65 Å². The Morgan fingerprint density at radius 2 is 2.36 bits per heavy atom. The van der Waals surface area contributed by atoms with Gasteiger partial charge in [0.05, 0.1) is 13.3 Å². The Hall–Kier alpha value is -1.91. The lowest BCUT2D eigenvalue weighted by molar-refractivity contribution is 0.0593. The summed E-state index contributed by atoms with van der Waals surface area (Å²) in [5, 5.41) is 0. The third-order valence-electron chi connectivity index (χ3n) is 1.86. The van der Waals surface area contributed by atoms with Crippen molar-refractivity contribution in [1.82, 2.24) is 9.38 Å². The smallest absolute Gasteiger partial charge is 0.356 e. The average Bonchev–Trinajstić information content (AvgIpc) is 2.59. The number of pyridine rings is 1. The SMILES string of the molecule is COC(=O)c1cnc2ccc(F)cn12. The molecule has 0 radical (unpaired) electrons. The van der Waals surface area contributed by atoms with Gasteiger partial charge < -0.3 is 4.74 Å². The zero-order valence-electron chi connectivity index (χ0n) is 7.40. The Kier molecular flexibility index (Phi) is 1.92. The van der Waals surface area contributed by atoms with Crippen molar-refractivity contribution in [3.63, 3.8) is 0 Å². The topological polar surface area (TPSA) is 43.6 Å². The summed E-state index contributed by atoms with van der Waals surface area (Å²) in [5.74, 6) is -0.969. The third-order valence-corrected chi connectivity index (χ3v) is 1.86. The number of fused-ring (bicyclic) bond motifs is 1. The van der Waals surface area contributed by atoms with Crippen LogP contribution in [0.25, 0.3) is 5.65 Å². The summed E-state index contributed by atoms with van der Waals surface area (Å²) in [6.45, 7) is 0. The number of rotatable bonds is 1. The number of aromatic nitrogens is 2. The van der Waals surface area contributed by atoms with E-state index in [2.05, 4.69) is 9.72 Å². The molecule has 2 aromatic heterocycles. The second-order valence-corrected chi connectivity index (χ2v) is 2.71. The molecule has 0 aromatic carbocycles. The van der Waals surface area contributed by atoms with Crippen molar-refractivity contribution in [2.45, 2.75) is 0 Å². The van der Waals surface area contributed by atoms with Crippen LogP contribution in [0.5, 0.6) is 0 Å². The van der Waals surface area contributed by atoms with E-state index in [0.717, 1.165) is 0 Å². The summed E-state index contributed by atoms with van der Waals surface area (Å²) < 4.78 is 18.7. The highest BCUT2D eigenvalue weighted by atomic mass is 19.1. The van der Waals surface area contributed by atoms with Crippen LogP contribution in [0.2, 0.25) is 0 Å². The molecule has 0 N–H and O–H groups in total. The number of methoxy groups -OCH3 is 1. The Morgan fingerprint density at radius 1 is 1.57 bits per heavy atom. The summed E-state index contributed by atoms with van der Waals surface area (Å²) in [4.78, 5) is 15.1. The van der Waals surface area contributed by atoms with Crippen molar-refractivity contribution < 1.29 is 13.9 Å². The molecular weight excluding hydrogens is 187 g/mol. The van der Waals surface area contributed by atoms with E-state index in [1.54, 1.807) is 0 Å². The minimum atomic E-state index is -0.539. The van der Waals surface area contributed by atoms with Gasteiger partial charge in [-0.15, -0.1) is 0 Å². The molecule has 0 amide bonds. The molecule has 5 heteroatoms. The lowest BCUT2D eigenvalue weighted by atomic mass is 10.4. The van der Waals surface area contributed by atoms with Crippen molar-refractivity contribution in [3.8, 4) is 0 Å². The van der Waals surface area contributed by atoms with E-state index in [1.807, 2.05) is 0 Å². The van der Waals surface area contributed by atoms with E-state index in [-0.39, 0.29) is 5.69 Å². The summed E-state index contributed by atoms with van der Waals surface area (Å²) in [6.07, 6.45) is 2.54. The van der Waals surface area contributed by atoms with E-state index in [9.17, 15) is 9.18 Å². The molecular formula is C9H7FN2O2. The van der Waals surface area contributed by atoms with Crippen LogP contribution in [-0.2, 0) is 4.74 Å². The zero-order valence-corrected chi connectivity index (χ0v) is 7.40. The first-order valence-corrected chi connectivity index (χ1v) is 3.93. The number of nitrogens with zero attached hydrogens (tertiary/aromatic N) is 2. The van der Waals surface area contributed by atoms with Gasteiger partial charge in [0.25, 0.3) is 0 Å². The minimum Gasteiger partial charge on any atom is -0.464 e. The van der Waals surface area contributed by atoms with Gasteiger partial charge in [-0.3, -0.25) is 4.40 Å². The molecule has 2 rings (SSSR count). The van der Waals surface area contributed by atoms with Gasteiger partial charge in [-0.05, 0) is 12.1 Å². The fraction of sp³-hybridized carbons (Fsp3) is 0.111. The van der Waals surface area contributed by atoms with Gasteiger partial charge in [0, 0.05) is 6.20 Å². The largest absolute Gasteiger partial charge is 0.464 e.